The number of hydrogen-bond acceptors (Lipinski definition) is 26. The van der Waals surface area contributed by atoms with Crippen LogP contribution in [0.5, 0.6) is 17.2 Å². The molecule has 2 amide bonds. The second-order valence-electron chi connectivity index (χ2n) is 40.9. The van der Waals surface area contributed by atoms with E-state index in [4.69, 9.17) is 108 Å². The Labute approximate surface area is 900 Å². The summed E-state index contributed by atoms with van der Waals surface area (Å²) in [7, 11) is -1.98. The number of benzene rings is 1. The summed E-state index contributed by atoms with van der Waals surface area (Å²) < 4.78 is 100.0. The zero-order chi connectivity index (χ0) is 107. The molecule has 4 aromatic heterocycles. The van der Waals surface area contributed by atoms with Gasteiger partial charge in [0.05, 0.1) is 63.8 Å². The maximum absolute atomic E-state index is 15.1. The number of imidazole rings is 1. The van der Waals surface area contributed by atoms with Crippen LogP contribution in [0.2, 0.25) is 0 Å². The molecular weight excluding hydrogens is 1990 g/mol. The maximum atomic E-state index is 15.1. The highest BCUT2D eigenvalue weighted by atomic mass is 32.5. The van der Waals surface area contributed by atoms with Gasteiger partial charge in [0.25, 0.3) is 25.6 Å². The third kappa shape index (κ3) is 47.0. The Kier molecular flexibility index (Phi) is 62.9. The molecule has 12 atom stereocenters. The predicted octanol–water partition coefficient (Wildman–Crippen LogP) is 27.1. The molecule has 0 spiro atoms. The minimum atomic E-state index is -4.22. The van der Waals surface area contributed by atoms with Crippen molar-refractivity contribution < 1.29 is 74.2 Å². The molecular formula is C110H181N14O20P3S2. The van der Waals surface area contributed by atoms with Gasteiger partial charge in [-0.1, -0.05) is 330 Å². The average molecular weight is 2180 g/mol. The van der Waals surface area contributed by atoms with E-state index in [1.807, 2.05) is 34.6 Å². The Morgan fingerprint density at radius 2 is 0.886 bits per heavy atom. The van der Waals surface area contributed by atoms with Crippen molar-refractivity contribution in [1.29, 1.82) is 0 Å². The SMILES string of the molecule is [C-]#[N+]CCOP(OC1CC(n2ccc(NC(=O)c3cc(OCCCCCCCCCCCCCCCCCC)c(OCCCCCCCCCCCCCCCCCC)c(OCCCCCCCCCCCCCCCCCC)c3)nc2=O)OC1COP(=S)(OCC[N+]#[C-])OC1CC(n2cnc3c(=O)[nH]c(NC(=O)C(C)C)nc32)OC1COP(=S)(OCC[N+]#[C-])OC1CC(n2cc(C)c(=O)[nH]c2=O)OC1CC)N(C(C)C)C(C)C. The number of amides is 2. The first kappa shape index (κ1) is 127. The Hall–Kier alpha value is -6.81. The molecule has 4 N–H and O–H groups in total. The first-order valence-electron chi connectivity index (χ1n) is 56.8. The molecule has 7 heterocycles. The van der Waals surface area contributed by atoms with Crippen molar-refractivity contribution in [3.8, 4) is 17.2 Å². The molecule has 0 aliphatic carbocycles. The molecule has 838 valence electrons. The fourth-order valence-corrected chi connectivity index (χ4v) is 25.0. The highest BCUT2D eigenvalue weighted by Gasteiger charge is 2.48. The van der Waals surface area contributed by atoms with Crippen molar-refractivity contribution in [1.82, 2.24) is 43.3 Å². The Morgan fingerprint density at radius 3 is 1.31 bits per heavy atom. The number of nitrogens with one attached hydrogen (secondary N) is 4. The number of unbranched alkanes of at least 4 members (excludes halogenated alkanes) is 45. The molecule has 3 aliphatic rings. The quantitative estimate of drug-likeness (QED) is 0.0160. The van der Waals surface area contributed by atoms with Crippen molar-refractivity contribution in [3.05, 3.63) is 124 Å². The summed E-state index contributed by atoms with van der Waals surface area (Å²) in [5.41, 5.74) is -2.27. The lowest BCUT2D eigenvalue weighted by Crippen LogP contribution is -2.36. The fourth-order valence-electron chi connectivity index (χ4n) is 19.0. The van der Waals surface area contributed by atoms with E-state index in [1.165, 1.54) is 289 Å². The average Bonchev–Trinajstić information content (AvgIpc) is 1.62. The molecule has 0 radical (unpaired) electrons. The van der Waals surface area contributed by atoms with Gasteiger partial charge in [0, 0.05) is 60.8 Å². The molecule has 3 saturated heterocycles. The van der Waals surface area contributed by atoms with E-state index in [0.717, 1.165) is 57.8 Å². The van der Waals surface area contributed by atoms with Crippen LogP contribution < -0.4 is 47.3 Å². The highest BCUT2D eigenvalue weighted by Crippen LogP contribution is 2.58. The lowest BCUT2D eigenvalue weighted by molar-refractivity contribution is -0.119. The fraction of sp³-hybridized carbons (Fsp3) is 0.782. The van der Waals surface area contributed by atoms with Crippen molar-refractivity contribution in [2.24, 2.45) is 5.92 Å². The third-order valence-electron chi connectivity index (χ3n) is 27.4. The molecule has 34 nitrogen and oxygen atoms in total. The molecule has 12 unspecified atom stereocenters. The van der Waals surface area contributed by atoms with E-state index < -0.39 is 131 Å². The largest absolute Gasteiger partial charge is 0.490 e. The van der Waals surface area contributed by atoms with Crippen LogP contribution in [-0.2, 0) is 78.8 Å². The minimum absolute atomic E-state index is 0.00290. The highest BCUT2D eigenvalue weighted by molar-refractivity contribution is 8.07. The van der Waals surface area contributed by atoms with Crippen LogP contribution in [0.3, 0.4) is 0 Å². The van der Waals surface area contributed by atoms with Crippen molar-refractivity contribution in [2.75, 3.05) is 83.1 Å². The summed E-state index contributed by atoms with van der Waals surface area (Å²) in [5, 5.41) is 5.59. The number of ether oxygens (including phenoxy) is 6. The Balaban J connectivity index is 1.05. The number of hydrogen-bond donors (Lipinski definition) is 4. The molecule has 149 heavy (non-hydrogen) atoms. The van der Waals surface area contributed by atoms with E-state index in [-0.39, 0.29) is 105 Å². The van der Waals surface area contributed by atoms with Crippen LogP contribution in [0.1, 0.15) is 438 Å². The third-order valence-corrected chi connectivity index (χ3v) is 34.4. The smallest absolute Gasteiger partial charge is 0.351 e. The Morgan fingerprint density at radius 1 is 0.490 bits per heavy atom. The van der Waals surface area contributed by atoms with Crippen molar-refractivity contribution in [3.63, 3.8) is 0 Å². The molecule has 39 heteroatoms. The standard InChI is InChI=1S/C110H181N14O20P3S2/c1-15-19-22-25-28-31-34-37-40-43-46-49-52-55-58-61-69-131-93-75-88(76-94(132-70-62-59-56-53-50-47-44-41-38-35-32-29-26-23-20-16-2)102(93)133-71-63-60-57-54-51-48-45-42-39-36-33-30-27-24-21-17-3)106(127)115-97-64-68-121(109(129)116-97)98-77-90(142-145(134-72-65-111-12)124(85(7)8)86(9)10)95(140-98)81-137-147(149,136-74-67-113-14)144-92-79-100(123-83-114-101-103(123)117-108(119-107(101)128)118-104(125)84(5)6)141-96(92)82-138-146(148,135-73-66-112-13)143-91-78-99(139-89(91)18-4)122-80-87(11)105(126)120-110(122)130/h64,68,75-76,80,83-86,89-92,95-96,98-100H,15-63,65-67,69-74,77-79,81-82H2,1-11H3,(H,120,126,130)(H,115,116,127,129)(H2,117,118,119,125,128). The first-order valence-corrected chi connectivity index (χ1v) is 63.1. The molecule has 8 rings (SSSR count). The molecule has 0 saturated carbocycles. The number of carbonyl (C=O) groups excluding carboxylic acids is 2. The number of aromatic amines is 2. The number of rotatable bonds is 86. The van der Waals surface area contributed by atoms with Gasteiger partial charge in [0.2, 0.25) is 37.2 Å². The van der Waals surface area contributed by atoms with E-state index in [2.05, 4.69) is 75.5 Å². The monoisotopic (exact) mass is 2180 g/mol. The lowest BCUT2D eigenvalue weighted by Gasteiger charge is -2.37. The van der Waals surface area contributed by atoms with Crippen LogP contribution in [-0.4, -0.2) is 176 Å². The van der Waals surface area contributed by atoms with Gasteiger partial charge in [-0.05, 0) is 102 Å². The van der Waals surface area contributed by atoms with E-state index in [1.54, 1.807) is 32.9 Å². The summed E-state index contributed by atoms with van der Waals surface area (Å²) in [6.45, 7) is 36.2. The summed E-state index contributed by atoms with van der Waals surface area (Å²) in [6.07, 6.45) is 55.4. The normalized spacial score (nSPS) is 18.8. The van der Waals surface area contributed by atoms with Gasteiger partial charge in [-0.2, -0.15) is 9.97 Å². The van der Waals surface area contributed by atoms with Crippen LogP contribution in [0, 0.1) is 32.6 Å². The van der Waals surface area contributed by atoms with Gasteiger partial charge in [0.1, 0.15) is 56.5 Å². The van der Waals surface area contributed by atoms with E-state index in [0.29, 0.717) is 43.5 Å². The second-order valence-corrected chi connectivity index (χ2v) is 48.3. The summed E-state index contributed by atoms with van der Waals surface area (Å²) in [5.74, 6) is -0.363. The van der Waals surface area contributed by atoms with Gasteiger partial charge in [-0.3, -0.25) is 48.2 Å². The van der Waals surface area contributed by atoms with Gasteiger partial charge >= 0.3 is 24.8 Å². The van der Waals surface area contributed by atoms with Crippen LogP contribution >= 0.6 is 22.0 Å². The topological polar surface area (TPSA) is 357 Å². The first-order chi connectivity index (χ1) is 72.3. The summed E-state index contributed by atoms with van der Waals surface area (Å²) in [6, 6.07) is 4.67. The number of carbonyl (C=O) groups is 2. The molecule has 0 bridgehead atoms. The Bertz CT molecular complexity index is 5060. The van der Waals surface area contributed by atoms with Gasteiger partial charge in [0.15, 0.2) is 22.7 Å². The van der Waals surface area contributed by atoms with Gasteiger partial charge < -0.3 is 84.5 Å². The second kappa shape index (κ2) is 73.6. The van der Waals surface area contributed by atoms with Gasteiger partial charge in [-0.15, -0.1) is 0 Å². The van der Waals surface area contributed by atoms with E-state index in [9.17, 15) is 24.0 Å². The number of H-pyrrole nitrogens is 2. The number of nitrogens with zero attached hydrogens (tertiary/aromatic N) is 10. The van der Waals surface area contributed by atoms with E-state index >= 15 is 4.79 Å². The molecule has 3 fully saturated rings. The molecule has 1 aromatic carbocycles. The molecule has 5 aromatic rings. The number of aromatic nitrogens is 8. The van der Waals surface area contributed by atoms with Crippen molar-refractivity contribution >= 4 is 80.3 Å². The maximum Gasteiger partial charge on any atom is 0.351 e. The lowest BCUT2D eigenvalue weighted by atomic mass is 10.0. The zero-order valence-corrected chi connectivity index (χ0v) is 96.1. The summed E-state index contributed by atoms with van der Waals surface area (Å²) >= 11 is 12.6. The number of fused-ring (bicyclic) bond motifs is 1. The minimum Gasteiger partial charge on any atom is -0.490 e. The zero-order valence-electron chi connectivity index (χ0n) is 91.7. The van der Waals surface area contributed by atoms with Crippen molar-refractivity contribution in [2.45, 2.75) is 477 Å². The van der Waals surface area contributed by atoms with Gasteiger partial charge in [-0.25, -0.2) is 39.0 Å². The van der Waals surface area contributed by atoms with Crippen LogP contribution in [0.4, 0.5) is 11.8 Å². The molecule has 3 aliphatic heterocycles. The predicted molar refractivity (Wildman–Crippen MR) is 598 cm³/mol. The number of aryl methyl sites for hydroxylation is 1. The van der Waals surface area contributed by atoms with Crippen LogP contribution in [0.15, 0.2) is 56.1 Å². The summed E-state index contributed by atoms with van der Waals surface area (Å²) in [4.78, 5) is 112. The number of anilines is 2. The van der Waals surface area contributed by atoms with Crippen LogP contribution in [0.25, 0.3) is 25.7 Å².